The molecule has 0 amide bonds. The molecule has 0 heterocycles. The minimum absolute atomic E-state index is 0.971. The fraction of sp³-hybridized carbons (Fsp3) is 0.644. The van der Waals surface area contributed by atoms with Crippen molar-refractivity contribution in [1.82, 2.24) is 0 Å². The van der Waals surface area contributed by atoms with Crippen molar-refractivity contribution >= 4 is 22.8 Å². The first-order valence-electron chi connectivity index (χ1n) is 20.2. The molecule has 0 bridgehead atoms. The van der Waals surface area contributed by atoms with Crippen LogP contribution in [0.25, 0.3) is 0 Å². The van der Waals surface area contributed by atoms with Crippen LogP contribution < -0.4 is 0 Å². The minimum Gasteiger partial charge on any atom is -0.251 e. The predicted octanol–water partition coefficient (Wildman–Crippen LogP) is 14.8. The second-order valence-electron chi connectivity index (χ2n) is 13.6. The van der Waals surface area contributed by atoms with Gasteiger partial charge in [-0.3, -0.25) is 4.99 Å². The highest BCUT2D eigenvalue weighted by Crippen LogP contribution is 2.24. The Morgan fingerprint density at radius 3 is 1.36 bits per heavy atom. The van der Waals surface area contributed by atoms with Crippen LogP contribution in [0, 0.1) is 0 Å². The maximum atomic E-state index is 5.36. The summed E-state index contributed by atoms with van der Waals surface area (Å²) in [4.78, 5) is 10.7. The highest BCUT2D eigenvalue weighted by atomic mass is 14.8. The number of rotatable bonds is 27. The van der Waals surface area contributed by atoms with E-state index in [1.54, 1.807) is 0 Å². The molecule has 0 spiro atoms. The first-order chi connectivity index (χ1) is 23.1. The van der Waals surface area contributed by atoms with Gasteiger partial charge >= 0.3 is 0 Å². The number of allylic oxidation sites excluding steroid dienone is 2. The molecule has 2 heteroatoms. The van der Waals surface area contributed by atoms with Crippen molar-refractivity contribution < 1.29 is 0 Å². The van der Waals surface area contributed by atoms with Crippen molar-refractivity contribution in [3.8, 4) is 0 Å². The number of hydrogen-bond donors (Lipinski definition) is 0. The molecule has 2 aromatic rings. The summed E-state index contributed by atoms with van der Waals surface area (Å²) in [7, 11) is 0. The second kappa shape index (κ2) is 26.5. The Hall–Kier alpha value is -2.48. The van der Waals surface area contributed by atoms with Crippen molar-refractivity contribution in [3.05, 3.63) is 70.8 Å². The maximum absolute atomic E-state index is 5.36. The fourth-order valence-corrected chi connectivity index (χ4v) is 6.64. The van der Waals surface area contributed by atoms with Crippen molar-refractivity contribution in [2.45, 2.75) is 189 Å². The molecular formula is C45H72N2. The minimum atomic E-state index is 0.971. The Labute approximate surface area is 292 Å². The zero-order valence-electron chi connectivity index (χ0n) is 31.8. The topological polar surface area (TPSA) is 24.7 Å². The van der Waals surface area contributed by atoms with Crippen LogP contribution >= 0.6 is 0 Å². The van der Waals surface area contributed by atoms with Crippen molar-refractivity contribution in [3.63, 3.8) is 0 Å². The van der Waals surface area contributed by atoms with Gasteiger partial charge in [-0.25, -0.2) is 4.99 Å². The molecule has 262 valence electrons. The molecule has 0 aromatic heterocycles. The number of benzene rings is 2. The molecule has 0 atom stereocenters. The summed E-state index contributed by atoms with van der Waals surface area (Å²) in [5.74, 6) is 0. The largest absolute Gasteiger partial charge is 0.251 e. The van der Waals surface area contributed by atoms with E-state index < -0.39 is 0 Å². The van der Waals surface area contributed by atoms with Gasteiger partial charge in [-0.05, 0) is 104 Å². The van der Waals surface area contributed by atoms with Crippen LogP contribution in [0.1, 0.15) is 186 Å². The molecule has 2 aromatic carbocycles. The van der Waals surface area contributed by atoms with Crippen molar-refractivity contribution in [2.24, 2.45) is 9.98 Å². The van der Waals surface area contributed by atoms with Gasteiger partial charge in [0.1, 0.15) is 0 Å². The third-order valence-electron chi connectivity index (χ3n) is 9.73. The van der Waals surface area contributed by atoms with Crippen LogP contribution in [0.15, 0.2) is 58.5 Å². The van der Waals surface area contributed by atoms with Gasteiger partial charge in [0.15, 0.2) is 0 Å². The van der Waals surface area contributed by atoms with Gasteiger partial charge in [0, 0.05) is 0 Å². The van der Waals surface area contributed by atoms with Crippen LogP contribution in [0.5, 0.6) is 0 Å². The zero-order chi connectivity index (χ0) is 34.0. The molecule has 47 heavy (non-hydrogen) atoms. The SMILES string of the molecule is CCCCCCCCCCCCCC=CC(=Nc1ccc(CC)c(CC)c1)C(CCCCCCCC)=Nc1ccc(CC)c(CC)c1. The summed E-state index contributed by atoms with van der Waals surface area (Å²) in [5.41, 5.74) is 10.0. The van der Waals surface area contributed by atoms with Crippen molar-refractivity contribution in [1.29, 1.82) is 0 Å². The smallest absolute Gasteiger partial charge is 0.0848 e. The normalized spacial score (nSPS) is 12.5. The Morgan fingerprint density at radius 1 is 0.468 bits per heavy atom. The summed E-state index contributed by atoms with van der Waals surface area (Å²) in [6.07, 6.45) is 33.9. The molecule has 0 unspecified atom stereocenters. The standard InChI is InChI=1S/C45H72N2/c1-7-13-15-17-19-20-21-22-23-24-25-27-29-31-45(47-43-35-33-39(10-4)41(12-6)37-43)44(30-28-26-18-16-14-8-2)46-42-34-32-38(9-3)40(11-5)36-42/h29,31-37H,7-28,30H2,1-6H3. The van der Waals surface area contributed by atoms with E-state index in [-0.39, 0.29) is 0 Å². The van der Waals surface area contributed by atoms with Crippen LogP contribution in [0.3, 0.4) is 0 Å². The summed E-state index contributed by atoms with van der Waals surface area (Å²) < 4.78 is 0. The highest BCUT2D eigenvalue weighted by Gasteiger charge is 2.11. The van der Waals surface area contributed by atoms with E-state index in [0.29, 0.717) is 0 Å². The number of hydrogen-bond acceptors (Lipinski definition) is 2. The average molecular weight is 641 g/mol. The molecule has 0 aliphatic carbocycles. The van der Waals surface area contributed by atoms with E-state index in [1.807, 2.05) is 0 Å². The Kier molecular flexibility index (Phi) is 22.9. The average Bonchev–Trinajstić information content (AvgIpc) is 3.10. The van der Waals surface area contributed by atoms with Gasteiger partial charge < -0.3 is 0 Å². The number of unbranched alkanes of at least 4 members (excludes halogenated alkanes) is 16. The third kappa shape index (κ3) is 17.0. The van der Waals surface area contributed by atoms with E-state index in [0.717, 1.165) is 67.7 Å². The van der Waals surface area contributed by atoms with Crippen LogP contribution in [0.2, 0.25) is 0 Å². The van der Waals surface area contributed by atoms with E-state index in [9.17, 15) is 0 Å². The molecule has 0 aliphatic heterocycles. The molecular weight excluding hydrogens is 569 g/mol. The van der Waals surface area contributed by atoms with Gasteiger partial charge in [-0.1, -0.05) is 156 Å². The summed E-state index contributed by atoms with van der Waals surface area (Å²) in [6, 6.07) is 13.6. The lowest BCUT2D eigenvalue weighted by Crippen LogP contribution is -2.12. The molecule has 2 rings (SSSR count). The lowest BCUT2D eigenvalue weighted by molar-refractivity contribution is 0.550. The fourth-order valence-electron chi connectivity index (χ4n) is 6.64. The van der Waals surface area contributed by atoms with E-state index >= 15 is 0 Å². The number of nitrogens with zero attached hydrogens (tertiary/aromatic N) is 2. The quantitative estimate of drug-likeness (QED) is 0.0685. The second-order valence-corrected chi connectivity index (χ2v) is 13.6. The first-order valence-corrected chi connectivity index (χ1v) is 20.2. The molecule has 0 N–H and O–H groups in total. The van der Waals surface area contributed by atoms with Crippen LogP contribution in [-0.4, -0.2) is 11.4 Å². The van der Waals surface area contributed by atoms with Gasteiger partial charge in [0.2, 0.25) is 0 Å². The Balaban J connectivity index is 2.24. The molecule has 0 fully saturated rings. The maximum Gasteiger partial charge on any atom is 0.0848 e. The van der Waals surface area contributed by atoms with E-state index in [1.165, 1.54) is 125 Å². The summed E-state index contributed by atoms with van der Waals surface area (Å²) in [5, 5.41) is 0. The molecule has 0 saturated carbocycles. The molecule has 0 saturated heterocycles. The molecule has 0 radical (unpaired) electrons. The monoisotopic (exact) mass is 641 g/mol. The van der Waals surface area contributed by atoms with Gasteiger partial charge in [-0.2, -0.15) is 0 Å². The van der Waals surface area contributed by atoms with E-state index in [2.05, 4.69) is 90.1 Å². The Morgan fingerprint density at radius 2 is 0.894 bits per heavy atom. The van der Waals surface area contributed by atoms with Crippen molar-refractivity contribution in [2.75, 3.05) is 0 Å². The lowest BCUT2D eigenvalue weighted by Gasteiger charge is -2.12. The third-order valence-corrected chi connectivity index (χ3v) is 9.73. The lowest BCUT2D eigenvalue weighted by atomic mass is 10.0. The number of aliphatic imine (C=N–C) groups is 2. The Bertz CT molecular complexity index is 1180. The molecule has 2 nitrogen and oxygen atoms in total. The predicted molar refractivity (Wildman–Crippen MR) is 213 cm³/mol. The van der Waals surface area contributed by atoms with Crippen LogP contribution in [0.4, 0.5) is 11.4 Å². The van der Waals surface area contributed by atoms with E-state index in [4.69, 9.17) is 9.98 Å². The van der Waals surface area contributed by atoms with Gasteiger partial charge in [-0.15, -0.1) is 0 Å². The van der Waals surface area contributed by atoms with Gasteiger partial charge in [0.25, 0.3) is 0 Å². The van der Waals surface area contributed by atoms with Gasteiger partial charge in [0.05, 0.1) is 22.8 Å². The summed E-state index contributed by atoms with van der Waals surface area (Å²) in [6.45, 7) is 13.6. The first kappa shape index (κ1) is 40.7. The molecule has 0 aliphatic rings. The highest BCUT2D eigenvalue weighted by molar-refractivity contribution is 6.47. The zero-order valence-corrected chi connectivity index (χ0v) is 31.8. The summed E-state index contributed by atoms with van der Waals surface area (Å²) >= 11 is 0. The number of aryl methyl sites for hydroxylation is 4. The van der Waals surface area contributed by atoms with Crippen LogP contribution in [-0.2, 0) is 25.7 Å².